The van der Waals surface area contributed by atoms with E-state index < -0.39 is 0 Å². The van der Waals surface area contributed by atoms with Crippen LogP contribution in [0.5, 0.6) is 0 Å². The van der Waals surface area contributed by atoms with Crippen molar-refractivity contribution in [3.63, 3.8) is 0 Å². The van der Waals surface area contributed by atoms with E-state index in [9.17, 15) is 0 Å². The SMILES string of the molecule is Brc1ccc2c(c1)-c1cc3ccn(-c4ccccc4)c3cc1C2. The van der Waals surface area contributed by atoms with Gasteiger partial charge in [0.15, 0.2) is 0 Å². The van der Waals surface area contributed by atoms with Crippen molar-refractivity contribution >= 4 is 26.8 Å². The fraction of sp³-hybridized carbons (Fsp3) is 0.0476. The third-order valence-electron chi connectivity index (χ3n) is 4.69. The summed E-state index contributed by atoms with van der Waals surface area (Å²) in [6, 6.07) is 24.0. The number of rotatable bonds is 1. The number of halogens is 1. The topological polar surface area (TPSA) is 4.93 Å². The molecule has 0 spiro atoms. The highest BCUT2D eigenvalue weighted by molar-refractivity contribution is 9.10. The second-order valence-electron chi connectivity index (χ2n) is 6.07. The van der Waals surface area contributed by atoms with E-state index in [0.717, 1.165) is 10.9 Å². The summed E-state index contributed by atoms with van der Waals surface area (Å²) < 4.78 is 3.42. The Labute approximate surface area is 143 Å². The van der Waals surface area contributed by atoms with Gasteiger partial charge in [0.05, 0.1) is 5.52 Å². The fourth-order valence-electron chi connectivity index (χ4n) is 3.59. The van der Waals surface area contributed by atoms with Crippen molar-refractivity contribution in [2.75, 3.05) is 0 Å². The van der Waals surface area contributed by atoms with Gasteiger partial charge in [-0.05, 0) is 71.1 Å². The lowest BCUT2D eigenvalue weighted by molar-refractivity contribution is 1.12. The van der Waals surface area contributed by atoms with Gasteiger partial charge in [0.2, 0.25) is 0 Å². The van der Waals surface area contributed by atoms with Crippen molar-refractivity contribution in [3.8, 4) is 16.8 Å². The van der Waals surface area contributed by atoms with Crippen LogP contribution in [0.15, 0.2) is 77.4 Å². The lowest BCUT2D eigenvalue weighted by atomic mass is 10.0. The molecule has 0 amide bonds. The highest BCUT2D eigenvalue weighted by atomic mass is 79.9. The normalized spacial score (nSPS) is 12.4. The number of nitrogens with zero attached hydrogens (tertiary/aromatic N) is 1. The molecule has 0 aliphatic heterocycles. The highest BCUT2D eigenvalue weighted by Crippen LogP contribution is 2.40. The van der Waals surface area contributed by atoms with Crippen molar-refractivity contribution in [3.05, 3.63) is 88.5 Å². The Morgan fingerprint density at radius 1 is 0.783 bits per heavy atom. The lowest BCUT2D eigenvalue weighted by Crippen LogP contribution is -1.92. The minimum Gasteiger partial charge on any atom is -0.317 e. The van der Waals surface area contributed by atoms with Crippen LogP contribution in [0.4, 0.5) is 0 Å². The lowest BCUT2D eigenvalue weighted by Gasteiger charge is -2.07. The van der Waals surface area contributed by atoms with Gasteiger partial charge in [0.25, 0.3) is 0 Å². The van der Waals surface area contributed by atoms with Gasteiger partial charge in [-0.15, -0.1) is 0 Å². The molecule has 5 rings (SSSR count). The molecule has 3 aromatic carbocycles. The largest absolute Gasteiger partial charge is 0.317 e. The number of benzene rings is 3. The summed E-state index contributed by atoms with van der Waals surface area (Å²) in [5.41, 5.74) is 8.06. The minimum absolute atomic E-state index is 1.02. The summed E-state index contributed by atoms with van der Waals surface area (Å²) in [5.74, 6) is 0. The second-order valence-corrected chi connectivity index (χ2v) is 6.98. The van der Waals surface area contributed by atoms with Gasteiger partial charge in [-0.3, -0.25) is 0 Å². The molecule has 23 heavy (non-hydrogen) atoms. The molecule has 1 aromatic heterocycles. The number of fused-ring (bicyclic) bond motifs is 4. The molecule has 0 atom stereocenters. The summed E-state index contributed by atoms with van der Waals surface area (Å²) in [6.45, 7) is 0. The van der Waals surface area contributed by atoms with Crippen molar-refractivity contribution in [2.24, 2.45) is 0 Å². The standard InChI is InChI=1S/C21H14BrN/c22-17-7-6-14-10-16-12-21-15(11-19(16)20(14)13-17)8-9-23(21)18-4-2-1-3-5-18/h1-9,11-13H,10H2. The second kappa shape index (κ2) is 4.84. The third-order valence-corrected chi connectivity index (χ3v) is 5.19. The van der Waals surface area contributed by atoms with E-state index in [1.54, 1.807) is 0 Å². The Hall–Kier alpha value is -2.32. The van der Waals surface area contributed by atoms with Gasteiger partial charge < -0.3 is 4.57 Å². The van der Waals surface area contributed by atoms with Gasteiger partial charge >= 0.3 is 0 Å². The van der Waals surface area contributed by atoms with Crippen molar-refractivity contribution in [1.82, 2.24) is 4.57 Å². The molecule has 0 unspecified atom stereocenters. The molecule has 1 heterocycles. The van der Waals surface area contributed by atoms with Crippen LogP contribution in [0.2, 0.25) is 0 Å². The maximum atomic E-state index is 3.60. The zero-order chi connectivity index (χ0) is 15.4. The molecule has 1 aliphatic carbocycles. The summed E-state index contributed by atoms with van der Waals surface area (Å²) in [6.07, 6.45) is 3.19. The third kappa shape index (κ3) is 1.98. The van der Waals surface area contributed by atoms with Crippen LogP contribution < -0.4 is 0 Å². The Bertz CT molecular complexity index is 1040. The molecule has 0 N–H and O–H groups in total. The molecule has 0 radical (unpaired) electrons. The van der Waals surface area contributed by atoms with Gasteiger partial charge in [0.1, 0.15) is 0 Å². The van der Waals surface area contributed by atoms with Gasteiger partial charge in [-0.1, -0.05) is 40.2 Å². The van der Waals surface area contributed by atoms with E-state index in [1.807, 2.05) is 0 Å². The molecular weight excluding hydrogens is 346 g/mol. The van der Waals surface area contributed by atoms with Crippen molar-refractivity contribution < 1.29 is 0 Å². The van der Waals surface area contributed by atoms with Crippen LogP contribution in [-0.2, 0) is 6.42 Å². The predicted octanol–water partition coefficient (Wildman–Crippen LogP) is 5.96. The zero-order valence-corrected chi connectivity index (χ0v) is 14.0. The Kier molecular flexibility index (Phi) is 2.77. The average molecular weight is 360 g/mol. The van der Waals surface area contributed by atoms with E-state index in [0.29, 0.717) is 0 Å². The Morgan fingerprint density at radius 3 is 2.48 bits per heavy atom. The highest BCUT2D eigenvalue weighted by Gasteiger charge is 2.20. The number of para-hydroxylation sites is 1. The van der Waals surface area contributed by atoms with Gasteiger partial charge in [-0.2, -0.15) is 0 Å². The summed E-state index contributed by atoms with van der Waals surface area (Å²) in [4.78, 5) is 0. The van der Waals surface area contributed by atoms with Crippen LogP contribution in [0.1, 0.15) is 11.1 Å². The molecular formula is C21H14BrN. The van der Waals surface area contributed by atoms with Crippen molar-refractivity contribution in [1.29, 1.82) is 0 Å². The minimum atomic E-state index is 1.02. The first-order valence-electron chi connectivity index (χ1n) is 7.78. The van der Waals surface area contributed by atoms with E-state index in [1.165, 1.54) is 38.8 Å². The maximum absolute atomic E-state index is 3.60. The molecule has 0 bridgehead atoms. The predicted molar refractivity (Wildman–Crippen MR) is 99.2 cm³/mol. The monoisotopic (exact) mass is 359 g/mol. The summed E-state index contributed by atoms with van der Waals surface area (Å²) in [7, 11) is 0. The zero-order valence-electron chi connectivity index (χ0n) is 12.5. The first-order valence-corrected chi connectivity index (χ1v) is 8.57. The summed E-state index contributed by atoms with van der Waals surface area (Å²) in [5, 5.41) is 1.29. The van der Waals surface area contributed by atoms with Crippen LogP contribution >= 0.6 is 15.9 Å². The first-order chi connectivity index (χ1) is 11.3. The van der Waals surface area contributed by atoms with Gasteiger partial charge in [0, 0.05) is 21.7 Å². The van der Waals surface area contributed by atoms with E-state index >= 15 is 0 Å². The molecule has 4 aromatic rings. The number of hydrogen-bond donors (Lipinski definition) is 0. The van der Waals surface area contributed by atoms with Gasteiger partial charge in [-0.25, -0.2) is 0 Å². The smallest absolute Gasteiger partial charge is 0.0531 e. The molecule has 0 fully saturated rings. The molecule has 1 nitrogen and oxygen atoms in total. The molecule has 0 saturated heterocycles. The van der Waals surface area contributed by atoms with Crippen LogP contribution in [0.25, 0.3) is 27.7 Å². The van der Waals surface area contributed by atoms with E-state index in [4.69, 9.17) is 0 Å². The number of hydrogen-bond acceptors (Lipinski definition) is 0. The molecule has 110 valence electrons. The van der Waals surface area contributed by atoms with E-state index in [2.05, 4.69) is 93.4 Å². The molecule has 1 aliphatic rings. The molecule has 0 saturated carbocycles. The average Bonchev–Trinajstić information content (AvgIpc) is 3.14. The Balaban J connectivity index is 1.74. The summed E-state index contributed by atoms with van der Waals surface area (Å²) >= 11 is 3.60. The first kappa shape index (κ1) is 13.1. The maximum Gasteiger partial charge on any atom is 0.0531 e. The Morgan fingerprint density at radius 2 is 1.61 bits per heavy atom. The van der Waals surface area contributed by atoms with Crippen molar-refractivity contribution in [2.45, 2.75) is 6.42 Å². The number of aromatic nitrogens is 1. The van der Waals surface area contributed by atoms with E-state index in [-0.39, 0.29) is 0 Å². The van der Waals surface area contributed by atoms with Crippen LogP contribution in [0, 0.1) is 0 Å². The quantitative estimate of drug-likeness (QED) is 0.347. The fourth-order valence-corrected chi connectivity index (χ4v) is 3.96. The van der Waals surface area contributed by atoms with Crippen LogP contribution in [0.3, 0.4) is 0 Å². The molecule has 2 heteroatoms. The van der Waals surface area contributed by atoms with Crippen LogP contribution in [-0.4, -0.2) is 4.57 Å².